The van der Waals surface area contributed by atoms with Gasteiger partial charge in [0.1, 0.15) is 5.56 Å². The van der Waals surface area contributed by atoms with E-state index in [-0.39, 0.29) is 6.61 Å². The summed E-state index contributed by atoms with van der Waals surface area (Å²) in [7, 11) is 0. The van der Waals surface area contributed by atoms with Crippen LogP contribution in [0.1, 0.15) is 23.0 Å². The maximum Gasteiger partial charge on any atom is 0.341 e. The van der Waals surface area contributed by atoms with Crippen LogP contribution in [0.15, 0.2) is 36.5 Å². The Kier molecular flexibility index (Phi) is 5.06. The number of benzene rings is 1. The van der Waals surface area contributed by atoms with Crippen LogP contribution in [0.5, 0.6) is 0 Å². The van der Waals surface area contributed by atoms with E-state index in [2.05, 4.69) is 15.3 Å². The number of carbonyl (C=O) groups excluding carboxylic acids is 1. The maximum absolute atomic E-state index is 12.3. The van der Waals surface area contributed by atoms with Crippen LogP contribution in [0.4, 0.5) is 11.4 Å². The van der Waals surface area contributed by atoms with Crippen LogP contribution in [0.2, 0.25) is 10.0 Å². The van der Waals surface area contributed by atoms with Crippen LogP contribution in [0.3, 0.4) is 0 Å². The van der Waals surface area contributed by atoms with Gasteiger partial charge in [0.2, 0.25) is 0 Å². The van der Waals surface area contributed by atoms with Crippen molar-refractivity contribution in [2.24, 2.45) is 0 Å². The van der Waals surface area contributed by atoms with E-state index < -0.39 is 5.97 Å². The highest BCUT2D eigenvalue weighted by Gasteiger charge is 2.18. The Morgan fingerprint density at radius 2 is 2.04 bits per heavy atom. The lowest BCUT2D eigenvalue weighted by Crippen LogP contribution is -2.10. The van der Waals surface area contributed by atoms with E-state index in [1.165, 1.54) is 6.20 Å². The van der Waals surface area contributed by atoms with Gasteiger partial charge in [-0.05, 0) is 44.2 Å². The number of halogens is 2. The molecule has 0 bridgehead atoms. The second-order valence-electron chi connectivity index (χ2n) is 5.34. The molecule has 7 heteroatoms. The van der Waals surface area contributed by atoms with Crippen LogP contribution < -0.4 is 5.32 Å². The Morgan fingerprint density at radius 1 is 1.24 bits per heavy atom. The summed E-state index contributed by atoms with van der Waals surface area (Å²) in [5.74, 6) is -0.474. The SMILES string of the molecule is CCOC(=O)c1cnc2nc(C)ccc2c1Nc1cc(Cl)ccc1Cl. The predicted octanol–water partition coefficient (Wildman–Crippen LogP) is 5.17. The summed E-state index contributed by atoms with van der Waals surface area (Å²) in [5.41, 5.74) is 2.76. The van der Waals surface area contributed by atoms with Crippen molar-refractivity contribution in [1.29, 1.82) is 0 Å². The second kappa shape index (κ2) is 7.25. The number of hydrogen-bond donors (Lipinski definition) is 1. The highest BCUT2D eigenvalue weighted by Crippen LogP contribution is 2.33. The molecule has 128 valence electrons. The van der Waals surface area contributed by atoms with Crippen molar-refractivity contribution < 1.29 is 9.53 Å². The summed E-state index contributed by atoms with van der Waals surface area (Å²) in [6.45, 7) is 3.89. The Hall–Kier alpha value is -2.37. The van der Waals surface area contributed by atoms with Crippen molar-refractivity contribution in [2.75, 3.05) is 11.9 Å². The largest absolute Gasteiger partial charge is 0.462 e. The van der Waals surface area contributed by atoms with Crippen molar-refractivity contribution in [3.05, 3.63) is 57.8 Å². The molecule has 0 radical (unpaired) electrons. The van der Waals surface area contributed by atoms with Crippen LogP contribution >= 0.6 is 23.2 Å². The monoisotopic (exact) mass is 375 g/mol. The number of hydrogen-bond acceptors (Lipinski definition) is 5. The van der Waals surface area contributed by atoms with Crippen molar-refractivity contribution in [3.63, 3.8) is 0 Å². The van der Waals surface area contributed by atoms with Gasteiger partial charge in [-0.1, -0.05) is 23.2 Å². The average molecular weight is 376 g/mol. The number of nitrogens with zero attached hydrogens (tertiary/aromatic N) is 2. The van der Waals surface area contributed by atoms with Crippen LogP contribution in [-0.2, 0) is 4.74 Å². The average Bonchev–Trinajstić information content (AvgIpc) is 2.58. The Labute approximate surface area is 155 Å². The minimum Gasteiger partial charge on any atom is -0.462 e. The van der Waals surface area contributed by atoms with Gasteiger partial charge < -0.3 is 10.1 Å². The minimum absolute atomic E-state index is 0.264. The van der Waals surface area contributed by atoms with E-state index in [4.69, 9.17) is 27.9 Å². The first-order valence-corrected chi connectivity index (χ1v) is 8.40. The number of nitrogens with one attached hydrogen (secondary N) is 1. The molecular weight excluding hydrogens is 361 g/mol. The molecule has 0 spiro atoms. The molecule has 25 heavy (non-hydrogen) atoms. The third-order valence-corrected chi connectivity index (χ3v) is 4.12. The van der Waals surface area contributed by atoms with Crippen LogP contribution in [0, 0.1) is 6.92 Å². The van der Waals surface area contributed by atoms with E-state index in [0.29, 0.717) is 38.0 Å². The third-order valence-electron chi connectivity index (χ3n) is 3.55. The molecule has 0 aliphatic heterocycles. The van der Waals surface area contributed by atoms with Gasteiger partial charge in [0.25, 0.3) is 0 Å². The lowest BCUT2D eigenvalue weighted by Gasteiger charge is -2.15. The fourth-order valence-electron chi connectivity index (χ4n) is 2.40. The second-order valence-corrected chi connectivity index (χ2v) is 6.18. The Morgan fingerprint density at radius 3 is 2.80 bits per heavy atom. The van der Waals surface area contributed by atoms with Gasteiger partial charge in [-0.25, -0.2) is 14.8 Å². The zero-order valence-electron chi connectivity index (χ0n) is 13.6. The molecule has 0 unspecified atom stereocenters. The molecular formula is C18H15Cl2N3O2. The molecule has 2 aromatic heterocycles. The molecule has 0 fully saturated rings. The Bertz CT molecular complexity index is 960. The number of rotatable bonds is 4. The van der Waals surface area contributed by atoms with E-state index in [1.807, 2.05) is 19.1 Å². The summed E-state index contributed by atoms with van der Waals surface area (Å²) in [5, 5.41) is 4.87. The molecule has 0 amide bonds. The van der Waals surface area contributed by atoms with Crippen LogP contribution in [-0.4, -0.2) is 22.5 Å². The minimum atomic E-state index is -0.474. The first kappa shape index (κ1) is 17.5. The number of esters is 1. The molecule has 0 saturated carbocycles. The van der Waals surface area contributed by atoms with Crippen molar-refractivity contribution >= 4 is 51.6 Å². The number of fused-ring (bicyclic) bond motifs is 1. The third kappa shape index (κ3) is 3.67. The van der Waals surface area contributed by atoms with Crippen molar-refractivity contribution in [3.8, 4) is 0 Å². The van der Waals surface area contributed by atoms with E-state index in [1.54, 1.807) is 25.1 Å². The lowest BCUT2D eigenvalue weighted by atomic mass is 10.1. The lowest BCUT2D eigenvalue weighted by molar-refractivity contribution is 0.0527. The van der Waals surface area contributed by atoms with Gasteiger partial charge in [0.15, 0.2) is 5.65 Å². The maximum atomic E-state index is 12.3. The summed E-state index contributed by atoms with van der Waals surface area (Å²) in [6, 6.07) is 8.77. The van der Waals surface area contributed by atoms with Gasteiger partial charge in [0, 0.05) is 22.3 Å². The molecule has 0 atom stereocenters. The molecule has 1 aromatic carbocycles. The van der Waals surface area contributed by atoms with E-state index >= 15 is 0 Å². The highest BCUT2D eigenvalue weighted by atomic mass is 35.5. The summed E-state index contributed by atoms with van der Waals surface area (Å²) >= 11 is 12.3. The molecule has 0 saturated heterocycles. The van der Waals surface area contributed by atoms with Gasteiger partial charge in [-0.2, -0.15) is 0 Å². The topological polar surface area (TPSA) is 64.1 Å². The molecule has 1 N–H and O–H groups in total. The predicted molar refractivity (Wildman–Crippen MR) is 100.0 cm³/mol. The number of anilines is 2. The van der Waals surface area contributed by atoms with E-state index in [9.17, 15) is 4.79 Å². The van der Waals surface area contributed by atoms with Crippen LogP contribution in [0.25, 0.3) is 11.0 Å². The molecule has 3 aromatic rings. The van der Waals surface area contributed by atoms with E-state index in [0.717, 1.165) is 5.69 Å². The first-order chi connectivity index (χ1) is 12.0. The molecule has 3 rings (SSSR count). The smallest absolute Gasteiger partial charge is 0.341 e. The number of pyridine rings is 2. The normalized spacial score (nSPS) is 10.7. The summed E-state index contributed by atoms with van der Waals surface area (Å²) in [6.07, 6.45) is 1.45. The number of aromatic nitrogens is 2. The van der Waals surface area contributed by atoms with Gasteiger partial charge in [-0.3, -0.25) is 0 Å². The summed E-state index contributed by atoms with van der Waals surface area (Å²) < 4.78 is 5.13. The van der Waals surface area contributed by atoms with Gasteiger partial charge in [0.05, 0.1) is 23.0 Å². The standard InChI is InChI=1S/C18H15Cl2N3O2/c1-3-25-18(24)13-9-21-17-12(6-4-10(2)22-17)16(13)23-15-8-11(19)5-7-14(15)20/h4-9H,3H2,1-2H3,(H,21,22,23). The fraction of sp³-hybridized carbons (Fsp3) is 0.167. The fourth-order valence-corrected chi connectivity index (χ4v) is 2.74. The summed E-state index contributed by atoms with van der Waals surface area (Å²) in [4.78, 5) is 21.0. The molecule has 2 heterocycles. The van der Waals surface area contributed by atoms with Crippen molar-refractivity contribution in [2.45, 2.75) is 13.8 Å². The number of aryl methyl sites for hydroxylation is 1. The zero-order chi connectivity index (χ0) is 18.0. The van der Waals surface area contributed by atoms with Gasteiger partial charge >= 0.3 is 5.97 Å². The number of carbonyl (C=O) groups is 1. The van der Waals surface area contributed by atoms with Crippen molar-refractivity contribution in [1.82, 2.24) is 9.97 Å². The Balaban J connectivity index is 2.19. The van der Waals surface area contributed by atoms with Gasteiger partial charge in [-0.15, -0.1) is 0 Å². The molecule has 0 aliphatic carbocycles. The molecule has 0 aliphatic rings. The zero-order valence-corrected chi connectivity index (χ0v) is 15.1. The number of ether oxygens (including phenoxy) is 1. The highest BCUT2D eigenvalue weighted by molar-refractivity contribution is 6.35. The molecule has 5 nitrogen and oxygen atoms in total. The quantitative estimate of drug-likeness (QED) is 0.637. The first-order valence-electron chi connectivity index (χ1n) is 7.65.